The van der Waals surface area contributed by atoms with Crippen LogP contribution in [0, 0.1) is 6.92 Å². The van der Waals surface area contributed by atoms with Crippen LogP contribution in [0.25, 0.3) is 16.6 Å². The zero-order valence-electron chi connectivity index (χ0n) is 19.7. The number of nitrogens with zero attached hydrogens (tertiary/aromatic N) is 2. The smallest absolute Gasteiger partial charge is 0.326 e. The number of phenolic OH excluding ortho intramolecular Hbond substituents is 1. The Hall–Kier alpha value is -3.25. The summed E-state index contributed by atoms with van der Waals surface area (Å²) in [4.78, 5) is 14.7. The molecule has 0 radical (unpaired) electrons. The number of aromatic hydroxyl groups is 1. The van der Waals surface area contributed by atoms with Crippen molar-refractivity contribution < 1.29 is 15.0 Å². The van der Waals surface area contributed by atoms with E-state index in [1.54, 1.807) is 18.0 Å². The predicted molar refractivity (Wildman–Crippen MR) is 131 cm³/mol. The third kappa shape index (κ3) is 4.23. The number of aromatic nitrogens is 1. The number of rotatable bonds is 6. The van der Waals surface area contributed by atoms with E-state index in [0.29, 0.717) is 28.9 Å². The van der Waals surface area contributed by atoms with Crippen LogP contribution in [0.1, 0.15) is 55.4 Å². The molecule has 32 heavy (non-hydrogen) atoms. The van der Waals surface area contributed by atoms with Crippen molar-refractivity contribution in [1.82, 2.24) is 9.88 Å². The van der Waals surface area contributed by atoms with Crippen LogP contribution in [-0.2, 0) is 13.7 Å². The molecule has 0 aliphatic carbocycles. The molecule has 0 spiro atoms. The van der Waals surface area contributed by atoms with E-state index in [1.165, 1.54) is 0 Å². The predicted octanol–water partition coefficient (Wildman–Crippen LogP) is 5.40. The summed E-state index contributed by atoms with van der Waals surface area (Å²) in [5, 5.41) is 24.5. The summed E-state index contributed by atoms with van der Waals surface area (Å²) >= 11 is 0. The number of anilines is 1. The first-order valence-corrected chi connectivity index (χ1v) is 11.0. The molecule has 2 amide bonds. The van der Waals surface area contributed by atoms with Gasteiger partial charge in [0, 0.05) is 36.8 Å². The Morgan fingerprint density at radius 2 is 1.97 bits per heavy atom. The van der Waals surface area contributed by atoms with Crippen LogP contribution in [0.4, 0.5) is 10.5 Å². The Morgan fingerprint density at radius 1 is 1.25 bits per heavy atom. The second-order valence-corrected chi connectivity index (χ2v) is 8.39. The molecule has 6 heteroatoms. The highest BCUT2D eigenvalue weighted by Crippen LogP contribution is 2.37. The summed E-state index contributed by atoms with van der Waals surface area (Å²) in [5.74, 6) is 0.181. The number of allylic oxidation sites excluding steroid dienone is 1. The average molecular weight is 436 g/mol. The van der Waals surface area contributed by atoms with Gasteiger partial charge < -0.3 is 20.1 Å². The third-order valence-electron chi connectivity index (χ3n) is 5.81. The number of amides is 2. The number of carbonyl (C=O) groups is 1. The Kier molecular flexibility index (Phi) is 6.94. The van der Waals surface area contributed by atoms with Crippen molar-refractivity contribution in [1.29, 1.82) is 0 Å². The number of aliphatic hydroxyl groups excluding tert-OH is 1. The number of phenols is 1. The number of hydrogen-bond donors (Lipinski definition) is 3. The number of aliphatic hydroxyl groups is 1. The van der Waals surface area contributed by atoms with Gasteiger partial charge in [0.25, 0.3) is 0 Å². The van der Waals surface area contributed by atoms with E-state index < -0.39 is 0 Å². The fourth-order valence-electron chi connectivity index (χ4n) is 4.24. The lowest BCUT2D eigenvalue weighted by Crippen LogP contribution is -2.37. The van der Waals surface area contributed by atoms with Crippen LogP contribution >= 0.6 is 0 Å². The van der Waals surface area contributed by atoms with E-state index in [1.807, 2.05) is 65.1 Å². The van der Waals surface area contributed by atoms with Crippen LogP contribution in [0.3, 0.4) is 0 Å². The number of fused-ring (bicyclic) bond motifs is 1. The van der Waals surface area contributed by atoms with Crippen molar-refractivity contribution in [3.05, 3.63) is 64.9 Å². The van der Waals surface area contributed by atoms with Crippen molar-refractivity contribution in [2.75, 3.05) is 11.9 Å². The molecule has 1 aromatic heterocycles. The largest absolute Gasteiger partial charge is 0.507 e. The molecule has 1 heterocycles. The molecule has 0 saturated heterocycles. The highest BCUT2D eigenvalue weighted by Gasteiger charge is 2.25. The summed E-state index contributed by atoms with van der Waals surface area (Å²) in [5.41, 5.74) is 5.70. The Morgan fingerprint density at radius 3 is 2.56 bits per heavy atom. The molecule has 6 nitrogen and oxygen atoms in total. The number of carbonyl (C=O) groups excluding carboxylic acids is 1. The summed E-state index contributed by atoms with van der Waals surface area (Å²) in [6, 6.07) is 9.12. The van der Waals surface area contributed by atoms with Gasteiger partial charge >= 0.3 is 6.03 Å². The van der Waals surface area contributed by atoms with Crippen molar-refractivity contribution in [3.63, 3.8) is 0 Å². The minimum absolute atomic E-state index is 0.0315. The molecule has 0 aliphatic rings. The first kappa shape index (κ1) is 23.4. The molecule has 0 unspecified atom stereocenters. The maximum atomic E-state index is 13.1. The van der Waals surface area contributed by atoms with Gasteiger partial charge in [-0.1, -0.05) is 26.8 Å². The molecular formula is C26H33N3O3. The van der Waals surface area contributed by atoms with E-state index in [2.05, 4.69) is 16.1 Å². The zero-order chi connectivity index (χ0) is 23.6. The second-order valence-electron chi connectivity index (χ2n) is 8.39. The van der Waals surface area contributed by atoms with E-state index in [4.69, 9.17) is 0 Å². The average Bonchev–Trinajstić information content (AvgIpc) is 3.05. The monoisotopic (exact) mass is 435 g/mol. The minimum atomic E-state index is -0.297. The lowest BCUT2D eigenvalue weighted by atomic mass is 9.93. The summed E-state index contributed by atoms with van der Waals surface area (Å²) < 4.78 is 2.07. The quantitative estimate of drug-likeness (QED) is 0.485. The highest BCUT2D eigenvalue weighted by atomic mass is 16.3. The van der Waals surface area contributed by atoms with Crippen molar-refractivity contribution >= 4 is 28.3 Å². The lowest BCUT2D eigenvalue weighted by Gasteiger charge is -2.27. The van der Waals surface area contributed by atoms with Crippen LogP contribution in [0.15, 0.2) is 42.6 Å². The Labute approximate surface area is 189 Å². The number of benzene rings is 2. The first-order chi connectivity index (χ1) is 15.2. The van der Waals surface area contributed by atoms with Gasteiger partial charge in [-0.15, -0.1) is 0 Å². The van der Waals surface area contributed by atoms with Crippen molar-refractivity contribution in [3.8, 4) is 5.75 Å². The van der Waals surface area contributed by atoms with Crippen LogP contribution in [0.5, 0.6) is 5.75 Å². The molecule has 0 bridgehead atoms. The van der Waals surface area contributed by atoms with Gasteiger partial charge in [-0.3, -0.25) is 4.90 Å². The van der Waals surface area contributed by atoms with Crippen molar-refractivity contribution in [2.24, 2.45) is 7.05 Å². The van der Waals surface area contributed by atoms with Crippen LogP contribution in [-0.4, -0.2) is 27.9 Å². The highest BCUT2D eigenvalue weighted by molar-refractivity contribution is 6.07. The maximum Gasteiger partial charge on any atom is 0.326 e. The molecule has 0 fully saturated rings. The number of urea groups is 1. The minimum Gasteiger partial charge on any atom is -0.507 e. The Balaban J connectivity index is 2.26. The molecule has 0 saturated carbocycles. The fraction of sp³-hybridized carbons (Fsp3) is 0.346. The van der Waals surface area contributed by atoms with Crippen LogP contribution in [0.2, 0.25) is 0 Å². The molecule has 0 atom stereocenters. The molecule has 3 N–H and O–H groups in total. The van der Waals surface area contributed by atoms with Gasteiger partial charge in [0.1, 0.15) is 5.75 Å². The van der Waals surface area contributed by atoms with E-state index in [0.717, 1.165) is 22.0 Å². The van der Waals surface area contributed by atoms with Gasteiger partial charge in [0.05, 0.1) is 18.0 Å². The van der Waals surface area contributed by atoms with E-state index in [9.17, 15) is 15.0 Å². The SMILES string of the molecule is CCC=C(c1cc(C(C)C)c(CO)cc1O)N(C(=O)NC)c1ccc2c(c1)c(C)cn2C. The van der Waals surface area contributed by atoms with E-state index >= 15 is 0 Å². The van der Waals surface area contributed by atoms with Gasteiger partial charge in [-0.25, -0.2) is 4.79 Å². The van der Waals surface area contributed by atoms with Gasteiger partial charge in [0.15, 0.2) is 0 Å². The topological polar surface area (TPSA) is 77.7 Å². The first-order valence-electron chi connectivity index (χ1n) is 11.0. The normalized spacial score (nSPS) is 11.9. The summed E-state index contributed by atoms with van der Waals surface area (Å²) in [6.07, 6.45) is 4.68. The molecule has 3 rings (SSSR count). The molecule has 0 aliphatic heterocycles. The summed E-state index contributed by atoms with van der Waals surface area (Å²) in [7, 11) is 3.60. The maximum absolute atomic E-state index is 13.1. The Bertz CT molecular complexity index is 1170. The van der Waals surface area contributed by atoms with Gasteiger partial charge in [-0.2, -0.15) is 0 Å². The standard InChI is InChI=1S/C26H33N3O3/c1-7-8-24(22-13-20(16(2)3)18(15-30)11-25(22)31)29(26(32)27-5)19-9-10-23-21(12-19)17(4)14-28(23)6/h8-14,16,30-31H,7,15H2,1-6H3,(H,27,32). The molecular weight excluding hydrogens is 402 g/mol. The second kappa shape index (κ2) is 9.49. The third-order valence-corrected chi connectivity index (χ3v) is 5.81. The van der Waals surface area contributed by atoms with Crippen LogP contribution < -0.4 is 10.2 Å². The fourth-order valence-corrected chi connectivity index (χ4v) is 4.24. The zero-order valence-corrected chi connectivity index (χ0v) is 19.7. The van der Waals surface area contributed by atoms with Gasteiger partial charge in [0.2, 0.25) is 0 Å². The lowest BCUT2D eigenvalue weighted by molar-refractivity contribution is 0.250. The molecule has 3 aromatic rings. The summed E-state index contributed by atoms with van der Waals surface area (Å²) in [6.45, 7) is 7.97. The molecule has 2 aromatic carbocycles. The van der Waals surface area contributed by atoms with Crippen molar-refractivity contribution in [2.45, 2.75) is 46.6 Å². The van der Waals surface area contributed by atoms with Gasteiger partial charge in [-0.05, 0) is 66.3 Å². The molecule has 170 valence electrons. The number of hydrogen-bond acceptors (Lipinski definition) is 3. The van der Waals surface area contributed by atoms with E-state index in [-0.39, 0.29) is 24.3 Å². The number of nitrogens with one attached hydrogen (secondary N) is 1. The number of aryl methyl sites for hydroxylation is 2.